The second-order valence-corrected chi connectivity index (χ2v) is 4.58. The van der Waals surface area contributed by atoms with Crippen LogP contribution < -0.4 is 16.6 Å². The maximum Gasteiger partial charge on any atom is 0.148 e. The molecule has 0 aliphatic heterocycles. The summed E-state index contributed by atoms with van der Waals surface area (Å²) in [6, 6.07) is 0. The first-order chi connectivity index (χ1) is 8.35. The van der Waals surface area contributed by atoms with Gasteiger partial charge < -0.3 is 10.7 Å². The van der Waals surface area contributed by atoms with Crippen molar-refractivity contribution < 1.29 is 0 Å². The molecule has 94 valence electrons. The molecule has 1 saturated carbocycles. The molecule has 0 spiro atoms. The summed E-state index contributed by atoms with van der Waals surface area (Å²) >= 11 is 0. The van der Waals surface area contributed by atoms with Crippen LogP contribution in [0.2, 0.25) is 0 Å². The molecule has 0 saturated heterocycles. The molecular formula is C12H21N5. The van der Waals surface area contributed by atoms with Crippen LogP contribution in [0.4, 0.5) is 11.6 Å². The van der Waals surface area contributed by atoms with E-state index in [1.54, 1.807) is 6.33 Å². The molecule has 4 N–H and O–H groups in total. The second kappa shape index (κ2) is 5.82. The third kappa shape index (κ3) is 2.85. The summed E-state index contributed by atoms with van der Waals surface area (Å²) in [7, 11) is 0. The highest BCUT2D eigenvalue weighted by Crippen LogP contribution is 2.26. The number of hydrazine groups is 1. The zero-order valence-corrected chi connectivity index (χ0v) is 10.4. The number of nitrogens with one attached hydrogen (secondary N) is 2. The standard InChI is InChI=1S/C12H21N5/c1-2-10-11(15-8-16-12(10)17-13)14-7-9-5-3-4-6-9/h8-9H,2-7,13H2,1H3,(H2,14,15,16,17). The first-order valence-electron chi connectivity index (χ1n) is 6.39. The van der Waals surface area contributed by atoms with Gasteiger partial charge in [0.2, 0.25) is 0 Å². The molecule has 0 aromatic carbocycles. The predicted molar refractivity (Wildman–Crippen MR) is 69.7 cm³/mol. The highest BCUT2D eigenvalue weighted by atomic mass is 15.3. The quantitative estimate of drug-likeness (QED) is 0.537. The summed E-state index contributed by atoms with van der Waals surface area (Å²) in [5.74, 6) is 7.88. The van der Waals surface area contributed by atoms with Gasteiger partial charge in [0, 0.05) is 12.1 Å². The first kappa shape index (κ1) is 12.1. The van der Waals surface area contributed by atoms with Gasteiger partial charge in [0.15, 0.2) is 0 Å². The van der Waals surface area contributed by atoms with Crippen LogP contribution in [0.25, 0.3) is 0 Å². The van der Waals surface area contributed by atoms with Crippen molar-refractivity contribution in [1.29, 1.82) is 0 Å². The molecular weight excluding hydrogens is 214 g/mol. The van der Waals surface area contributed by atoms with E-state index in [4.69, 9.17) is 5.84 Å². The Bertz CT molecular complexity index is 360. The van der Waals surface area contributed by atoms with Gasteiger partial charge in [-0.05, 0) is 25.2 Å². The van der Waals surface area contributed by atoms with Gasteiger partial charge in [0.05, 0.1) is 0 Å². The number of rotatable bonds is 5. The van der Waals surface area contributed by atoms with Crippen molar-refractivity contribution in [2.45, 2.75) is 39.0 Å². The van der Waals surface area contributed by atoms with E-state index in [9.17, 15) is 0 Å². The van der Waals surface area contributed by atoms with Crippen molar-refractivity contribution in [2.24, 2.45) is 11.8 Å². The van der Waals surface area contributed by atoms with Gasteiger partial charge in [0.25, 0.3) is 0 Å². The van der Waals surface area contributed by atoms with Crippen molar-refractivity contribution in [3.8, 4) is 0 Å². The molecule has 0 bridgehead atoms. The van der Waals surface area contributed by atoms with E-state index in [1.807, 2.05) is 0 Å². The van der Waals surface area contributed by atoms with Gasteiger partial charge in [-0.15, -0.1) is 0 Å². The van der Waals surface area contributed by atoms with Crippen molar-refractivity contribution in [3.05, 3.63) is 11.9 Å². The third-order valence-corrected chi connectivity index (χ3v) is 3.47. The normalized spacial score (nSPS) is 16.1. The van der Waals surface area contributed by atoms with Crippen LogP contribution in [0.5, 0.6) is 0 Å². The minimum atomic E-state index is 0.719. The van der Waals surface area contributed by atoms with E-state index >= 15 is 0 Å². The van der Waals surface area contributed by atoms with Gasteiger partial charge in [-0.3, -0.25) is 0 Å². The molecule has 5 nitrogen and oxygen atoms in total. The number of anilines is 2. The number of nitrogen functional groups attached to an aromatic ring is 1. The summed E-state index contributed by atoms with van der Waals surface area (Å²) < 4.78 is 0. The van der Waals surface area contributed by atoms with E-state index in [2.05, 4.69) is 27.6 Å². The van der Waals surface area contributed by atoms with Crippen LogP contribution >= 0.6 is 0 Å². The maximum atomic E-state index is 5.45. The van der Waals surface area contributed by atoms with Crippen LogP contribution in [0.1, 0.15) is 38.2 Å². The van der Waals surface area contributed by atoms with Gasteiger partial charge in [-0.25, -0.2) is 15.8 Å². The smallest absolute Gasteiger partial charge is 0.148 e. The lowest BCUT2D eigenvalue weighted by atomic mass is 10.1. The molecule has 1 aromatic heterocycles. The Hall–Kier alpha value is -1.36. The monoisotopic (exact) mass is 235 g/mol. The van der Waals surface area contributed by atoms with E-state index in [1.165, 1.54) is 25.7 Å². The van der Waals surface area contributed by atoms with Crippen molar-refractivity contribution in [2.75, 3.05) is 17.3 Å². The van der Waals surface area contributed by atoms with Crippen LogP contribution in [-0.4, -0.2) is 16.5 Å². The molecule has 0 atom stereocenters. The average molecular weight is 235 g/mol. The topological polar surface area (TPSA) is 75.9 Å². The number of nitrogens with two attached hydrogens (primary N) is 1. The summed E-state index contributed by atoms with van der Waals surface area (Å²) in [6.45, 7) is 3.09. The fraction of sp³-hybridized carbons (Fsp3) is 0.667. The molecule has 1 aliphatic carbocycles. The highest BCUT2D eigenvalue weighted by Gasteiger charge is 2.16. The molecule has 1 aliphatic rings. The summed E-state index contributed by atoms with van der Waals surface area (Å²) in [6.07, 6.45) is 7.82. The average Bonchev–Trinajstić information content (AvgIpc) is 2.88. The Morgan fingerprint density at radius 2 is 2.00 bits per heavy atom. The number of hydrogen-bond acceptors (Lipinski definition) is 5. The van der Waals surface area contributed by atoms with Crippen molar-refractivity contribution in [3.63, 3.8) is 0 Å². The summed E-state index contributed by atoms with van der Waals surface area (Å²) in [4.78, 5) is 8.42. The van der Waals surface area contributed by atoms with E-state index in [0.29, 0.717) is 0 Å². The Labute approximate surface area is 102 Å². The zero-order valence-electron chi connectivity index (χ0n) is 10.4. The maximum absolute atomic E-state index is 5.45. The Morgan fingerprint density at radius 3 is 2.65 bits per heavy atom. The van der Waals surface area contributed by atoms with Crippen molar-refractivity contribution in [1.82, 2.24) is 9.97 Å². The Morgan fingerprint density at radius 1 is 1.29 bits per heavy atom. The highest BCUT2D eigenvalue weighted by molar-refractivity contribution is 5.56. The molecule has 2 rings (SSSR count). The molecule has 0 unspecified atom stereocenters. The largest absolute Gasteiger partial charge is 0.369 e. The minimum Gasteiger partial charge on any atom is -0.369 e. The van der Waals surface area contributed by atoms with Gasteiger partial charge >= 0.3 is 0 Å². The molecule has 1 heterocycles. The molecule has 1 aromatic rings. The van der Waals surface area contributed by atoms with Crippen LogP contribution in [-0.2, 0) is 6.42 Å². The second-order valence-electron chi connectivity index (χ2n) is 4.58. The van der Waals surface area contributed by atoms with Crippen LogP contribution in [0, 0.1) is 5.92 Å². The lowest BCUT2D eigenvalue weighted by Crippen LogP contribution is -2.16. The number of nitrogens with zero attached hydrogens (tertiary/aromatic N) is 2. The molecule has 0 amide bonds. The molecule has 5 heteroatoms. The zero-order chi connectivity index (χ0) is 12.1. The fourth-order valence-electron chi connectivity index (χ4n) is 2.48. The third-order valence-electron chi connectivity index (χ3n) is 3.47. The van der Waals surface area contributed by atoms with Crippen LogP contribution in [0.3, 0.4) is 0 Å². The molecule has 1 fully saturated rings. The number of aromatic nitrogens is 2. The lowest BCUT2D eigenvalue weighted by molar-refractivity contribution is 0.578. The van der Waals surface area contributed by atoms with Gasteiger partial charge in [0.1, 0.15) is 18.0 Å². The summed E-state index contributed by atoms with van der Waals surface area (Å²) in [5, 5.41) is 3.43. The van der Waals surface area contributed by atoms with Crippen LogP contribution in [0.15, 0.2) is 6.33 Å². The van der Waals surface area contributed by atoms with E-state index in [0.717, 1.165) is 36.1 Å². The molecule has 0 radical (unpaired) electrons. The van der Waals surface area contributed by atoms with E-state index < -0.39 is 0 Å². The first-order valence-corrected chi connectivity index (χ1v) is 6.39. The Balaban J connectivity index is 2.03. The minimum absolute atomic E-state index is 0.719. The SMILES string of the molecule is CCc1c(NN)ncnc1NCC1CCCC1. The summed E-state index contributed by atoms with van der Waals surface area (Å²) in [5.41, 5.74) is 3.69. The number of hydrogen-bond donors (Lipinski definition) is 3. The predicted octanol–water partition coefficient (Wildman–Crippen LogP) is 1.93. The molecule has 17 heavy (non-hydrogen) atoms. The lowest BCUT2D eigenvalue weighted by Gasteiger charge is -2.15. The Kier molecular flexibility index (Phi) is 4.14. The van der Waals surface area contributed by atoms with Gasteiger partial charge in [-0.2, -0.15) is 0 Å². The fourth-order valence-corrected chi connectivity index (χ4v) is 2.48. The van der Waals surface area contributed by atoms with E-state index in [-0.39, 0.29) is 0 Å². The van der Waals surface area contributed by atoms with Gasteiger partial charge in [-0.1, -0.05) is 19.8 Å². The van der Waals surface area contributed by atoms with Crippen molar-refractivity contribution >= 4 is 11.6 Å².